The van der Waals surface area contributed by atoms with Crippen molar-refractivity contribution in [3.63, 3.8) is 0 Å². The Morgan fingerprint density at radius 3 is 2.39 bits per heavy atom. The highest BCUT2D eigenvalue weighted by molar-refractivity contribution is 5.94. The molecule has 1 heterocycles. The van der Waals surface area contributed by atoms with Crippen LogP contribution in [0.2, 0.25) is 0 Å². The fourth-order valence-electron chi connectivity index (χ4n) is 2.96. The molecule has 0 aliphatic carbocycles. The van der Waals surface area contributed by atoms with E-state index in [1.807, 2.05) is 6.92 Å². The van der Waals surface area contributed by atoms with Crippen LogP contribution < -0.4 is 0 Å². The second-order valence-electron chi connectivity index (χ2n) is 6.20. The molecule has 1 N–H and O–H groups in total. The van der Waals surface area contributed by atoms with Crippen LogP contribution in [0.15, 0.2) is 24.3 Å². The van der Waals surface area contributed by atoms with Crippen molar-refractivity contribution in [1.82, 2.24) is 4.90 Å². The number of carbonyl (C=O) groups excluding carboxylic acids is 1. The zero-order valence-corrected chi connectivity index (χ0v) is 13.4. The molecule has 2 rings (SSSR count). The average Bonchev–Trinajstić information content (AvgIpc) is 2.53. The van der Waals surface area contributed by atoms with Gasteiger partial charge in [-0.05, 0) is 50.3 Å². The molecule has 6 heteroatoms. The number of nitrogens with zero attached hydrogens (tertiary/aromatic N) is 1. The van der Waals surface area contributed by atoms with E-state index in [0.717, 1.165) is 25.7 Å². The van der Waals surface area contributed by atoms with E-state index in [2.05, 4.69) is 0 Å². The maximum Gasteiger partial charge on any atom is 0.421 e. The lowest BCUT2D eigenvalue weighted by atomic mass is 9.93. The Hall–Kier alpha value is -1.56. The number of halogens is 3. The molecule has 23 heavy (non-hydrogen) atoms. The molecule has 1 aromatic carbocycles. The number of carbonyl (C=O) groups is 1. The van der Waals surface area contributed by atoms with E-state index in [1.54, 1.807) is 4.90 Å². The lowest BCUT2D eigenvalue weighted by molar-refractivity contribution is -0.258. The molecule has 1 saturated heterocycles. The lowest BCUT2D eigenvalue weighted by Gasteiger charge is -2.35. The van der Waals surface area contributed by atoms with Crippen molar-refractivity contribution in [2.45, 2.75) is 57.3 Å². The Morgan fingerprint density at radius 1 is 1.26 bits per heavy atom. The van der Waals surface area contributed by atoms with E-state index in [1.165, 1.54) is 24.3 Å². The molecule has 2 unspecified atom stereocenters. The Balaban J connectivity index is 2.21. The molecule has 0 spiro atoms. The van der Waals surface area contributed by atoms with Crippen LogP contribution in [0.5, 0.6) is 0 Å². The van der Waals surface area contributed by atoms with Crippen LogP contribution in [0.25, 0.3) is 0 Å². The van der Waals surface area contributed by atoms with E-state index in [4.69, 9.17) is 0 Å². The molecule has 0 radical (unpaired) electrons. The number of piperidine rings is 1. The minimum Gasteiger partial charge on any atom is -0.376 e. The first kappa shape index (κ1) is 17.8. The van der Waals surface area contributed by atoms with E-state index >= 15 is 0 Å². The molecule has 1 fully saturated rings. The van der Waals surface area contributed by atoms with Crippen molar-refractivity contribution in [2.75, 3.05) is 6.54 Å². The molecular weight excluding hydrogens is 307 g/mol. The van der Waals surface area contributed by atoms with Gasteiger partial charge in [-0.1, -0.05) is 19.1 Å². The number of hydrogen-bond acceptors (Lipinski definition) is 2. The summed E-state index contributed by atoms with van der Waals surface area (Å²) in [6.07, 6.45) is -0.896. The van der Waals surface area contributed by atoms with E-state index < -0.39 is 11.8 Å². The van der Waals surface area contributed by atoms with Crippen LogP contribution in [0.3, 0.4) is 0 Å². The van der Waals surface area contributed by atoms with Crippen LogP contribution in [0.1, 0.15) is 55.5 Å². The average molecular weight is 329 g/mol. The quantitative estimate of drug-likeness (QED) is 0.915. The second kappa shape index (κ2) is 6.51. The first-order chi connectivity index (χ1) is 10.7. The molecule has 3 nitrogen and oxygen atoms in total. The van der Waals surface area contributed by atoms with Crippen molar-refractivity contribution < 1.29 is 23.1 Å². The smallest absolute Gasteiger partial charge is 0.376 e. The van der Waals surface area contributed by atoms with Gasteiger partial charge in [0.15, 0.2) is 5.60 Å². The molecule has 1 aliphatic rings. The summed E-state index contributed by atoms with van der Waals surface area (Å²) in [6, 6.07) is 5.25. The standard InChI is InChI=1S/C17H22F3NO2/c1-3-14-6-4-5-11-21(14)15(22)12-7-9-13(10-8-12)16(2,23)17(18,19)20/h7-10,14,23H,3-6,11H2,1-2H3. The Bertz CT molecular complexity index is 552. The SMILES string of the molecule is CCC1CCCCN1C(=O)c1ccc(C(C)(O)C(F)(F)F)cc1. The maximum absolute atomic E-state index is 12.8. The molecule has 1 amide bonds. The fourth-order valence-corrected chi connectivity index (χ4v) is 2.96. The summed E-state index contributed by atoms with van der Waals surface area (Å²) in [5.41, 5.74) is -2.84. The van der Waals surface area contributed by atoms with Crippen LogP contribution in [0, 0.1) is 0 Å². The number of amides is 1. The predicted molar refractivity (Wildman–Crippen MR) is 81.0 cm³/mol. The van der Waals surface area contributed by atoms with Crippen molar-refractivity contribution in [3.8, 4) is 0 Å². The minimum atomic E-state index is -4.77. The zero-order valence-electron chi connectivity index (χ0n) is 13.4. The normalized spacial score (nSPS) is 21.8. The zero-order chi connectivity index (χ0) is 17.3. The summed E-state index contributed by atoms with van der Waals surface area (Å²) in [6.45, 7) is 3.42. The van der Waals surface area contributed by atoms with Gasteiger partial charge in [-0.3, -0.25) is 4.79 Å². The molecular formula is C17H22F3NO2. The third kappa shape index (κ3) is 3.52. The molecule has 128 valence electrons. The van der Waals surface area contributed by atoms with Crippen LogP contribution in [-0.4, -0.2) is 34.7 Å². The molecule has 2 atom stereocenters. The van der Waals surface area contributed by atoms with Gasteiger partial charge in [-0.25, -0.2) is 0 Å². The fraction of sp³-hybridized carbons (Fsp3) is 0.588. The monoisotopic (exact) mass is 329 g/mol. The number of hydrogen-bond donors (Lipinski definition) is 1. The van der Waals surface area contributed by atoms with Crippen molar-refractivity contribution in [1.29, 1.82) is 0 Å². The summed E-state index contributed by atoms with van der Waals surface area (Å²) in [7, 11) is 0. The third-order valence-electron chi connectivity index (χ3n) is 4.61. The first-order valence-electron chi connectivity index (χ1n) is 7.89. The highest BCUT2D eigenvalue weighted by Crippen LogP contribution is 2.38. The minimum absolute atomic E-state index is 0.158. The summed E-state index contributed by atoms with van der Waals surface area (Å²) >= 11 is 0. The van der Waals surface area contributed by atoms with Gasteiger partial charge in [0.25, 0.3) is 5.91 Å². The van der Waals surface area contributed by atoms with Gasteiger partial charge in [0.1, 0.15) is 0 Å². The number of alkyl halides is 3. The Morgan fingerprint density at radius 2 is 1.87 bits per heavy atom. The van der Waals surface area contributed by atoms with Crippen LogP contribution >= 0.6 is 0 Å². The molecule has 0 aromatic heterocycles. The highest BCUT2D eigenvalue weighted by atomic mass is 19.4. The summed E-state index contributed by atoms with van der Waals surface area (Å²) in [5, 5.41) is 9.66. The van der Waals surface area contributed by atoms with Gasteiger partial charge in [0, 0.05) is 18.2 Å². The Labute approximate surface area is 134 Å². The first-order valence-corrected chi connectivity index (χ1v) is 7.89. The molecule has 1 aliphatic heterocycles. The number of rotatable bonds is 3. The van der Waals surface area contributed by atoms with Crippen LogP contribution in [-0.2, 0) is 5.60 Å². The number of aliphatic hydroxyl groups is 1. The molecule has 1 aromatic rings. The van der Waals surface area contributed by atoms with Crippen molar-refractivity contribution >= 4 is 5.91 Å². The summed E-state index contributed by atoms with van der Waals surface area (Å²) in [4.78, 5) is 14.4. The molecule has 0 bridgehead atoms. The van der Waals surface area contributed by atoms with E-state index in [9.17, 15) is 23.1 Å². The lowest BCUT2D eigenvalue weighted by Crippen LogP contribution is -2.43. The molecule has 0 saturated carbocycles. The van der Waals surface area contributed by atoms with Crippen molar-refractivity contribution in [2.24, 2.45) is 0 Å². The summed E-state index contributed by atoms with van der Waals surface area (Å²) in [5.74, 6) is -0.158. The van der Waals surface area contributed by atoms with Gasteiger partial charge in [-0.15, -0.1) is 0 Å². The Kier molecular flexibility index (Phi) is 5.04. The van der Waals surface area contributed by atoms with Gasteiger partial charge in [-0.2, -0.15) is 13.2 Å². The van der Waals surface area contributed by atoms with Crippen molar-refractivity contribution in [3.05, 3.63) is 35.4 Å². The van der Waals surface area contributed by atoms with Gasteiger partial charge >= 0.3 is 6.18 Å². The van der Waals surface area contributed by atoms with E-state index in [0.29, 0.717) is 19.0 Å². The number of likely N-dealkylation sites (tertiary alicyclic amines) is 1. The largest absolute Gasteiger partial charge is 0.421 e. The highest BCUT2D eigenvalue weighted by Gasteiger charge is 2.51. The summed E-state index contributed by atoms with van der Waals surface area (Å²) < 4.78 is 38.5. The van der Waals surface area contributed by atoms with Gasteiger partial charge in [0.2, 0.25) is 0 Å². The van der Waals surface area contributed by atoms with E-state index in [-0.39, 0.29) is 17.5 Å². The van der Waals surface area contributed by atoms with Gasteiger partial charge < -0.3 is 10.0 Å². The second-order valence-corrected chi connectivity index (χ2v) is 6.20. The number of benzene rings is 1. The maximum atomic E-state index is 12.8. The topological polar surface area (TPSA) is 40.5 Å². The predicted octanol–water partition coefficient (Wildman–Crippen LogP) is 3.86. The van der Waals surface area contributed by atoms with Crippen LogP contribution in [0.4, 0.5) is 13.2 Å². The van der Waals surface area contributed by atoms with Gasteiger partial charge in [0.05, 0.1) is 0 Å². The third-order valence-corrected chi connectivity index (χ3v) is 4.61.